The first-order chi connectivity index (χ1) is 18.2. The highest BCUT2D eigenvalue weighted by atomic mass is 32.1. The number of thiazole rings is 1. The van der Waals surface area contributed by atoms with Gasteiger partial charge in [-0.3, -0.25) is 15.1 Å². The van der Waals surface area contributed by atoms with E-state index in [1.165, 1.54) is 16.9 Å². The Balaban J connectivity index is 1.46. The molecule has 8 nitrogen and oxygen atoms in total. The number of pyridine rings is 1. The fourth-order valence-corrected chi connectivity index (χ4v) is 5.30. The maximum atomic E-state index is 13.4. The predicted octanol–water partition coefficient (Wildman–Crippen LogP) is 5.52. The maximum Gasteiger partial charge on any atom is 0.269 e. The Morgan fingerprint density at radius 2 is 1.82 bits per heavy atom. The predicted molar refractivity (Wildman–Crippen MR) is 153 cm³/mol. The van der Waals surface area contributed by atoms with Crippen molar-refractivity contribution in [3.63, 3.8) is 0 Å². The Labute approximate surface area is 225 Å². The number of aromatic nitrogens is 4. The Bertz CT molecular complexity index is 1570. The molecule has 0 radical (unpaired) electrons. The van der Waals surface area contributed by atoms with E-state index in [0.717, 1.165) is 33.8 Å². The van der Waals surface area contributed by atoms with Crippen LogP contribution in [0, 0.1) is 6.92 Å². The second kappa shape index (κ2) is 10.4. The van der Waals surface area contributed by atoms with Crippen molar-refractivity contribution in [3.05, 3.63) is 89.2 Å². The smallest absolute Gasteiger partial charge is 0.269 e. The average molecular weight is 527 g/mol. The highest BCUT2D eigenvalue weighted by Gasteiger charge is 2.23. The van der Waals surface area contributed by atoms with Gasteiger partial charge in [-0.2, -0.15) is 0 Å². The summed E-state index contributed by atoms with van der Waals surface area (Å²) in [4.78, 5) is 29.5. The fraction of sp³-hybridized carbons (Fsp3) is 0.241. The van der Waals surface area contributed by atoms with E-state index < -0.39 is 5.60 Å². The van der Waals surface area contributed by atoms with Crippen LogP contribution in [0.4, 0.5) is 11.6 Å². The fourth-order valence-electron chi connectivity index (χ4n) is 4.33. The number of nitrogens with zero attached hydrogens (tertiary/aromatic N) is 5. The number of imidazole rings is 1. The van der Waals surface area contributed by atoms with Crippen LogP contribution in [0.5, 0.6) is 0 Å². The van der Waals surface area contributed by atoms with Gasteiger partial charge in [-0.1, -0.05) is 30.3 Å². The minimum absolute atomic E-state index is 0.266. The number of aryl methyl sites for hydroxylation is 1. The highest BCUT2D eigenvalue weighted by molar-refractivity contribution is 7.17. The van der Waals surface area contributed by atoms with Gasteiger partial charge in [0, 0.05) is 37.2 Å². The zero-order chi connectivity index (χ0) is 26.9. The number of amides is 1. The van der Waals surface area contributed by atoms with Crippen LogP contribution in [0.25, 0.3) is 21.6 Å². The van der Waals surface area contributed by atoms with Gasteiger partial charge in [0.1, 0.15) is 9.88 Å². The molecule has 0 saturated carbocycles. The van der Waals surface area contributed by atoms with Crippen molar-refractivity contribution >= 4 is 39.9 Å². The number of carbonyl (C=O) groups excluding carboxylic acids is 1. The Morgan fingerprint density at radius 3 is 2.53 bits per heavy atom. The van der Waals surface area contributed by atoms with Crippen molar-refractivity contribution < 1.29 is 9.90 Å². The molecule has 2 aromatic carbocycles. The van der Waals surface area contributed by atoms with E-state index in [4.69, 9.17) is 4.98 Å². The van der Waals surface area contributed by atoms with E-state index in [0.29, 0.717) is 16.5 Å². The van der Waals surface area contributed by atoms with E-state index in [1.807, 2.05) is 67.1 Å². The third kappa shape index (κ3) is 5.58. The second-order valence-corrected chi connectivity index (χ2v) is 11.0. The molecule has 5 rings (SSSR count). The lowest BCUT2D eigenvalue weighted by molar-refractivity contribution is 0.0630. The van der Waals surface area contributed by atoms with Crippen molar-refractivity contribution in [1.82, 2.24) is 19.5 Å². The summed E-state index contributed by atoms with van der Waals surface area (Å²) < 4.78 is 1.86. The summed E-state index contributed by atoms with van der Waals surface area (Å²) in [6.45, 7) is 6.32. The van der Waals surface area contributed by atoms with Crippen LogP contribution in [0.2, 0.25) is 0 Å². The first-order valence-corrected chi connectivity index (χ1v) is 13.2. The van der Waals surface area contributed by atoms with Crippen LogP contribution < -0.4 is 10.2 Å². The number of benzene rings is 2. The van der Waals surface area contributed by atoms with Gasteiger partial charge in [-0.25, -0.2) is 9.97 Å². The second-order valence-electron chi connectivity index (χ2n) is 9.97. The van der Waals surface area contributed by atoms with Crippen LogP contribution >= 0.6 is 11.3 Å². The van der Waals surface area contributed by atoms with Crippen LogP contribution in [0.15, 0.2) is 73.1 Å². The van der Waals surface area contributed by atoms with Crippen molar-refractivity contribution in [2.24, 2.45) is 0 Å². The maximum absolute atomic E-state index is 13.4. The topological polar surface area (TPSA) is 96.2 Å². The molecule has 194 valence electrons. The van der Waals surface area contributed by atoms with Crippen molar-refractivity contribution in [1.29, 1.82) is 0 Å². The average Bonchev–Trinajstić information content (AvgIpc) is 3.44. The lowest BCUT2D eigenvalue weighted by Gasteiger charge is -2.21. The minimum Gasteiger partial charge on any atom is -0.389 e. The summed E-state index contributed by atoms with van der Waals surface area (Å²) in [6.07, 6.45) is 3.41. The molecule has 3 heterocycles. The molecule has 5 aromatic rings. The SMILES string of the molecule is Cc1nc(-c2ccncc2)sc1C(=O)Nc1nc2cc(N(C)Cc3ccccc3)ccc2n1CC(C)(C)O. The number of nitrogens with one attached hydrogen (secondary N) is 1. The molecular weight excluding hydrogens is 496 g/mol. The van der Waals surface area contributed by atoms with Gasteiger partial charge in [-0.05, 0) is 56.7 Å². The van der Waals surface area contributed by atoms with Gasteiger partial charge in [0.2, 0.25) is 5.95 Å². The number of hydrogen-bond donors (Lipinski definition) is 2. The van der Waals surface area contributed by atoms with Gasteiger partial charge < -0.3 is 14.6 Å². The number of anilines is 2. The molecule has 1 amide bonds. The molecule has 38 heavy (non-hydrogen) atoms. The monoisotopic (exact) mass is 526 g/mol. The van der Waals surface area contributed by atoms with E-state index in [2.05, 4.69) is 32.3 Å². The summed E-state index contributed by atoms with van der Waals surface area (Å²) in [5.41, 5.74) is 4.33. The Kier molecular flexibility index (Phi) is 6.96. The van der Waals surface area contributed by atoms with Crippen LogP contribution in [-0.2, 0) is 13.1 Å². The van der Waals surface area contributed by atoms with E-state index in [1.54, 1.807) is 26.2 Å². The lowest BCUT2D eigenvalue weighted by Crippen LogP contribution is -2.27. The quantitative estimate of drug-likeness (QED) is 0.276. The third-order valence-electron chi connectivity index (χ3n) is 6.14. The highest BCUT2D eigenvalue weighted by Crippen LogP contribution is 2.30. The zero-order valence-corrected chi connectivity index (χ0v) is 22.7. The van der Waals surface area contributed by atoms with Gasteiger partial charge in [0.05, 0.1) is 28.9 Å². The molecule has 0 aliphatic rings. The molecule has 9 heteroatoms. The Morgan fingerprint density at radius 1 is 1.08 bits per heavy atom. The number of carbonyl (C=O) groups is 1. The van der Waals surface area contributed by atoms with Crippen LogP contribution in [-0.4, -0.2) is 43.2 Å². The third-order valence-corrected chi connectivity index (χ3v) is 7.34. The van der Waals surface area contributed by atoms with Gasteiger partial charge in [0.15, 0.2) is 0 Å². The summed E-state index contributed by atoms with van der Waals surface area (Å²) in [7, 11) is 2.04. The summed E-state index contributed by atoms with van der Waals surface area (Å²) in [5, 5.41) is 14.4. The number of fused-ring (bicyclic) bond motifs is 1. The molecule has 0 fully saturated rings. The number of rotatable bonds is 8. The standard InChI is InChI=1S/C29H30N6O2S/c1-19-25(38-27(31-19)21-12-14-30-15-13-21)26(36)33-28-32-23-16-22(34(4)17-20-8-6-5-7-9-20)10-11-24(23)35(28)18-29(2,3)37/h5-16,37H,17-18H2,1-4H3,(H,32,33,36). The van der Waals surface area contributed by atoms with E-state index in [9.17, 15) is 9.90 Å². The van der Waals surface area contributed by atoms with E-state index in [-0.39, 0.29) is 12.5 Å². The molecular formula is C29H30N6O2S. The minimum atomic E-state index is -1.01. The Hall–Kier alpha value is -4.08. The van der Waals surface area contributed by atoms with Gasteiger partial charge >= 0.3 is 0 Å². The van der Waals surface area contributed by atoms with Gasteiger partial charge in [-0.15, -0.1) is 11.3 Å². The molecule has 0 aliphatic heterocycles. The van der Waals surface area contributed by atoms with Crippen molar-refractivity contribution in [3.8, 4) is 10.6 Å². The molecule has 0 spiro atoms. The largest absolute Gasteiger partial charge is 0.389 e. The summed E-state index contributed by atoms with van der Waals surface area (Å²) in [5.74, 6) is 0.0993. The normalized spacial score (nSPS) is 11.6. The van der Waals surface area contributed by atoms with E-state index >= 15 is 0 Å². The van der Waals surface area contributed by atoms with Crippen molar-refractivity contribution in [2.45, 2.75) is 39.5 Å². The van der Waals surface area contributed by atoms with Crippen LogP contribution in [0.1, 0.15) is 34.8 Å². The first-order valence-electron chi connectivity index (χ1n) is 12.3. The molecule has 0 bridgehead atoms. The molecule has 2 N–H and O–H groups in total. The first kappa shape index (κ1) is 25.6. The van der Waals surface area contributed by atoms with Crippen LogP contribution in [0.3, 0.4) is 0 Å². The summed E-state index contributed by atoms with van der Waals surface area (Å²) >= 11 is 1.33. The summed E-state index contributed by atoms with van der Waals surface area (Å²) in [6, 6.07) is 20.0. The molecule has 0 atom stereocenters. The molecule has 0 aliphatic carbocycles. The molecule has 0 saturated heterocycles. The number of hydrogen-bond acceptors (Lipinski definition) is 7. The zero-order valence-electron chi connectivity index (χ0n) is 21.8. The molecule has 3 aromatic heterocycles. The van der Waals surface area contributed by atoms with Gasteiger partial charge in [0.25, 0.3) is 5.91 Å². The van der Waals surface area contributed by atoms with Crippen molar-refractivity contribution in [2.75, 3.05) is 17.3 Å². The number of aliphatic hydroxyl groups is 1. The lowest BCUT2D eigenvalue weighted by atomic mass is 10.1. The molecule has 0 unspecified atom stereocenters.